The number of rotatable bonds is 5. The first-order chi connectivity index (χ1) is 9.13. The molecule has 0 aromatic carbocycles. The maximum atomic E-state index is 5.91. The van der Waals surface area contributed by atoms with Gasteiger partial charge in [0.25, 0.3) is 0 Å². The average molecular weight is 283 g/mol. The number of nitrogens with zero attached hydrogens (tertiary/aromatic N) is 4. The molecule has 0 unspecified atom stereocenters. The Labute approximate surface area is 121 Å². The van der Waals surface area contributed by atoms with Crippen LogP contribution in [0.5, 0.6) is 0 Å². The Morgan fingerprint density at radius 1 is 1.16 bits per heavy atom. The minimum atomic E-state index is 0.585. The number of aromatic nitrogens is 1. The zero-order chi connectivity index (χ0) is 13.7. The van der Waals surface area contributed by atoms with Crippen molar-refractivity contribution < 1.29 is 0 Å². The standard InChI is InChI=1S/C14H23ClN4/c1-17(2)6-7-18-8-10-19(11-9-18)12-13-4-3-5-14(15)16-13/h3-5H,6-12H2,1-2H3. The number of hydrogen-bond donors (Lipinski definition) is 0. The maximum Gasteiger partial charge on any atom is 0.129 e. The van der Waals surface area contributed by atoms with Crippen LogP contribution in [0.3, 0.4) is 0 Å². The average Bonchev–Trinajstić information content (AvgIpc) is 2.38. The smallest absolute Gasteiger partial charge is 0.129 e. The van der Waals surface area contributed by atoms with Crippen molar-refractivity contribution in [2.45, 2.75) is 6.54 Å². The van der Waals surface area contributed by atoms with Crippen LogP contribution in [0.2, 0.25) is 5.15 Å². The summed E-state index contributed by atoms with van der Waals surface area (Å²) in [7, 11) is 4.25. The van der Waals surface area contributed by atoms with Crippen molar-refractivity contribution in [3.05, 3.63) is 29.0 Å². The van der Waals surface area contributed by atoms with Gasteiger partial charge in [0.05, 0.1) is 5.69 Å². The van der Waals surface area contributed by atoms with Gasteiger partial charge in [-0.05, 0) is 26.2 Å². The third-order valence-electron chi connectivity index (χ3n) is 3.49. The van der Waals surface area contributed by atoms with Crippen LogP contribution in [0.4, 0.5) is 0 Å². The van der Waals surface area contributed by atoms with E-state index >= 15 is 0 Å². The maximum absolute atomic E-state index is 5.91. The molecule has 0 aliphatic carbocycles. The molecule has 0 bridgehead atoms. The summed E-state index contributed by atoms with van der Waals surface area (Å²) in [4.78, 5) is 11.6. The number of halogens is 1. The molecule has 1 fully saturated rings. The highest BCUT2D eigenvalue weighted by molar-refractivity contribution is 6.29. The van der Waals surface area contributed by atoms with Gasteiger partial charge in [-0.15, -0.1) is 0 Å². The molecule has 0 spiro atoms. The Kier molecular flexibility index (Phi) is 5.58. The molecule has 0 saturated carbocycles. The van der Waals surface area contributed by atoms with Crippen molar-refractivity contribution in [3.63, 3.8) is 0 Å². The molecule has 0 amide bonds. The van der Waals surface area contributed by atoms with Crippen LogP contribution in [0.25, 0.3) is 0 Å². The fourth-order valence-corrected chi connectivity index (χ4v) is 2.46. The molecule has 1 aliphatic rings. The van der Waals surface area contributed by atoms with Crippen LogP contribution in [-0.2, 0) is 6.54 Å². The van der Waals surface area contributed by atoms with Crippen molar-refractivity contribution in [3.8, 4) is 0 Å². The highest BCUT2D eigenvalue weighted by atomic mass is 35.5. The van der Waals surface area contributed by atoms with E-state index in [-0.39, 0.29) is 0 Å². The van der Waals surface area contributed by atoms with Crippen molar-refractivity contribution in [2.75, 3.05) is 53.4 Å². The second-order valence-corrected chi connectivity index (χ2v) is 5.76. The van der Waals surface area contributed by atoms with Gasteiger partial charge in [-0.3, -0.25) is 9.80 Å². The van der Waals surface area contributed by atoms with E-state index in [1.807, 2.05) is 18.2 Å². The Morgan fingerprint density at radius 2 is 1.84 bits per heavy atom. The van der Waals surface area contributed by atoms with Gasteiger partial charge in [-0.25, -0.2) is 4.98 Å². The number of likely N-dealkylation sites (N-methyl/N-ethyl adjacent to an activating group) is 1. The lowest BCUT2D eigenvalue weighted by Crippen LogP contribution is -2.47. The van der Waals surface area contributed by atoms with Gasteiger partial charge in [0.1, 0.15) is 5.15 Å². The van der Waals surface area contributed by atoms with E-state index in [0.29, 0.717) is 5.15 Å². The van der Waals surface area contributed by atoms with E-state index in [1.54, 1.807) is 0 Å². The normalized spacial score (nSPS) is 18.1. The van der Waals surface area contributed by atoms with Crippen LogP contribution in [-0.4, -0.2) is 73.0 Å². The van der Waals surface area contributed by atoms with Gasteiger partial charge in [0.15, 0.2) is 0 Å². The molecule has 0 radical (unpaired) electrons. The van der Waals surface area contributed by atoms with E-state index in [1.165, 1.54) is 0 Å². The Balaban J connectivity index is 1.74. The fourth-order valence-electron chi connectivity index (χ4n) is 2.28. The Morgan fingerprint density at radius 3 is 2.47 bits per heavy atom. The van der Waals surface area contributed by atoms with E-state index in [4.69, 9.17) is 11.6 Å². The molecule has 0 atom stereocenters. The molecular weight excluding hydrogens is 260 g/mol. The molecule has 5 heteroatoms. The molecule has 2 rings (SSSR count). The van der Waals surface area contributed by atoms with Gasteiger partial charge >= 0.3 is 0 Å². The number of hydrogen-bond acceptors (Lipinski definition) is 4. The second kappa shape index (κ2) is 7.20. The van der Waals surface area contributed by atoms with E-state index < -0.39 is 0 Å². The molecule has 1 aromatic rings. The molecule has 19 heavy (non-hydrogen) atoms. The predicted molar refractivity (Wildman–Crippen MR) is 79.5 cm³/mol. The molecule has 1 saturated heterocycles. The third-order valence-corrected chi connectivity index (χ3v) is 3.70. The monoisotopic (exact) mass is 282 g/mol. The second-order valence-electron chi connectivity index (χ2n) is 5.37. The highest BCUT2D eigenvalue weighted by Gasteiger charge is 2.17. The van der Waals surface area contributed by atoms with Crippen LogP contribution < -0.4 is 0 Å². The van der Waals surface area contributed by atoms with Crippen LogP contribution >= 0.6 is 11.6 Å². The first-order valence-electron chi connectivity index (χ1n) is 6.84. The molecule has 1 aliphatic heterocycles. The summed E-state index contributed by atoms with van der Waals surface area (Å²) in [5.41, 5.74) is 1.06. The van der Waals surface area contributed by atoms with Gasteiger partial charge in [-0.1, -0.05) is 17.7 Å². The SMILES string of the molecule is CN(C)CCN1CCN(Cc2cccc(Cl)n2)CC1. The van der Waals surface area contributed by atoms with E-state index in [0.717, 1.165) is 51.5 Å². The predicted octanol–water partition coefficient (Wildman–Crippen LogP) is 1.41. The lowest BCUT2D eigenvalue weighted by atomic mass is 10.2. The van der Waals surface area contributed by atoms with Gasteiger partial charge in [0.2, 0.25) is 0 Å². The Bertz CT molecular complexity index is 389. The quantitative estimate of drug-likeness (QED) is 0.762. The van der Waals surface area contributed by atoms with E-state index in [9.17, 15) is 0 Å². The Hall–Kier alpha value is -0.680. The zero-order valence-electron chi connectivity index (χ0n) is 11.8. The van der Waals surface area contributed by atoms with Gasteiger partial charge in [0, 0.05) is 45.8 Å². The molecular formula is C14H23ClN4. The summed E-state index contributed by atoms with van der Waals surface area (Å²) in [6.45, 7) is 7.72. The summed E-state index contributed by atoms with van der Waals surface area (Å²) in [5, 5.41) is 0.585. The topological polar surface area (TPSA) is 22.6 Å². The minimum absolute atomic E-state index is 0.585. The summed E-state index contributed by atoms with van der Waals surface area (Å²) in [6, 6.07) is 5.84. The third kappa shape index (κ3) is 5.07. The van der Waals surface area contributed by atoms with Crippen molar-refractivity contribution in [1.29, 1.82) is 0 Å². The zero-order valence-corrected chi connectivity index (χ0v) is 12.6. The number of pyridine rings is 1. The van der Waals surface area contributed by atoms with Crippen molar-refractivity contribution in [1.82, 2.24) is 19.7 Å². The van der Waals surface area contributed by atoms with Crippen molar-refractivity contribution in [2.24, 2.45) is 0 Å². The molecule has 106 valence electrons. The van der Waals surface area contributed by atoms with E-state index in [2.05, 4.69) is 33.8 Å². The highest BCUT2D eigenvalue weighted by Crippen LogP contribution is 2.09. The molecule has 2 heterocycles. The summed E-state index contributed by atoms with van der Waals surface area (Å²) < 4.78 is 0. The molecule has 1 aromatic heterocycles. The summed E-state index contributed by atoms with van der Waals surface area (Å²) in [6.07, 6.45) is 0. The summed E-state index contributed by atoms with van der Waals surface area (Å²) >= 11 is 5.91. The van der Waals surface area contributed by atoms with Gasteiger partial charge < -0.3 is 4.90 Å². The van der Waals surface area contributed by atoms with Crippen LogP contribution in [0.1, 0.15) is 5.69 Å². The molecule has 4 nitrogen and oxygen atoms in total. The summed E-state index contributed by atoms with van der Waals surface area (Å²) in [5.74, 6) is 0. The van der Waals surface area contributed by atoms with Crippen LogP contribution in [0.15, 0.2) is 18.2 Å². The van der Waals surface area contributed by atoms with Crippen LogP contribution in [0, 0.1) is 0 Å². The largest absolute Gasteiger partial charge is 0.308 e. The lowest BCUT2D eigenvalue weighted by Gasteiger charge is -2.35. The molecule has 0 N–H and O–H groups in total. The van der Waals surface area contributed by atoms with Crippen molar-refractivity contribution >= 4 is 11.6 Å². The lowest BCUT2D eigenvalue weighted by molar-refractivity contribution is 0.119. The first-order valence-corrected chi connectivity index (χ1v) is 7.22. The minimum Gasteiger partial charge on any atom is -0.308 e. The fraction of sp³-hybridized carbons (Fsp3) is 0.643. The first kappa shape index (κ1) is 14.7. The van der Waals surface area contributed by atoms with Gasteiger partial charge in [-0.2, -0.15) is 0 Å². The number of piperazine rings is 1.